The van der Waals surface area contributed by atoms with Crippen LogP contribution in [-0.2, 0) is 16.4 Å². The SMILES string of the molecule is CCc1ncnc(-c2ccnc(C)c2)c1C#Cc1cnc(C)c(NS(=O)(=O)c2cc(F)cc(F)c2)c1. The minimum Gasteiger partial charge on any atom is -0.278 e. The van der Waals surface area contributed by atoms with Crippen molar-refractivity contribution < 1.29 is 17.2 Å². The van der Waals surface area contributed by atoms with Gasteiger partial charge in [0.05, 0.1) is 33.2 Å². The monoisotopic (exact) mass is 505 g/mol. The van der Waals surface area contributed by atoms with E-state index in [1.54, 1.807) is 13.1 Å². The summed E-state index contributed by atoms with van der Waals surface area (Å²) in [6.07, 6.45) is 5.33. The van der Waals surface area contributed by atoms with E-state index in [9.17, 15) is 17.2 Å². The Hall–Kier alpha value is -4.23. The Bertz CT molecular complexity index is 1610. The molecule has 3 heterocycles. The fraction of sp³-hybridized carbons (Fsp3) is 0.154. The molecule has 0 aliphatic rings. The van der Waals surface area contributed by atoms with Crippen LogP contribution in [0.3, 0.4) is 0 Å². The number of aromatic nitrogens is 4. The van der Waals surface area contributed by atoms with Crippen molar-refractivity contribution in [2.75, 3.05) is 4.72 Å². The predicted octanol–water partition coefficient (Wildman–Crippen LogP) is 4.59. The third kappa shape index (κ3) is 5.53. The lowest BCUT2D eigenvalue weighted by Gasteiger charge is -2.11. The molecule has 0 bridgehead atoms. The molecule has 0 radical (unpaired) electrons. The molecule has 0 unspecified atom stereocenters. The minimum atomic E-state index is -4.27. The molecule has 0 atom stereocenters. The van der Waals surface area contributed by atoms with Crippen molar-refractivity contribution in [1.82, 2.24) is 19.9 Å². The van der Waals surface area contributed by atoms with E-state index >= 15 is 0 Å². The third-order valence-corrected chi connectivity index (χ3v) is 6.59. The molecule has 36 heavy (non-hydrogen) atoms. The molecule has 1 N–H and O–H groups in total. The van der Waals surface area contributed by atoms with Gasteiger partial charge < -0.3 is 0 Å². The van der Waals surface area contributed by atoms with E-state index in [1.807, 2.05) is 26.0 Å². The highest BCUT2D eigenvalue weighted by atomic mass is 32.2. The molecule has 0 saturated carbocycles. The zero-order valence-electron chi connectivity index (χ0n) is 19.7. The molecular weight excluding hydrogens is 484 g/mol. The Labute approximate surface area is 207 Å². The van der Waals surface area contributed by atoms with Crippen molar-refractivity contribution in [2.45, 2.75) is 32.1 Å². The molecule has 4 rings (SSSR count). The Morgan fingerprint density at radius 1 is 0.944 bits per heavy atom. The fourth-order valence-corrected chi connectivity index (χ4v) is 4.61. The highest BCUT2D eigenvalue weighted by molar-refractivity contribution is 7.92. The second kappa shape index (κ2) is 10.2. The molecule has 0 aliphatic carbocycles. The number of halogens is 2. The molecule has 0 fully saturated rings. The van der Waals surface area contributed by atoms with Crippen molar-refractivity contribution >= 4 is 15.7 Å². The van der Waals surface area contributed by atoms with Gasteiger partial charge in [0.15, 0.2) is 0 Å². The smallest absolute Gasteiger partial charge is 0.262 e. The van der Waals surface area contributed by atoms with E-state index < -0.39 is 26.6 Å². The third-order valence-electron chi connectivity index (χ3n) is 5.24. The van der Waals surface area contributed by atoms with Crippen LogP contribution in [0, 0.1) is 37.3 Å². The molecule has 10 heteroatoms. The van der Waals surface area contributed by atoms with Gasteiger partial charge in [-0.3, -0.25) is 14.7 Å². The number of hydrogen-bond donors (Lipinski definition) is 1. The van der Waals surface area contributed by atoms with Gasteiger partial charge in [0, 0.05) is 35.3 Å². The van der Waals surface area contributed by atoms with Crippen molar-refractivity contribution in [3.63, 3.8) is 0 Å². The number of pyridine rings is 2. The van der Waals surface area contributed by atoms with Gasteiger partial charge in [0.25, 0.3) is 10.0 Å². The highest BCUT2D eigenvalue weighted by Crippen LogP contribution is 2.24. The average Bonchev–Trinajstić information content (AvgIpc) is 2.83. The molecule has 7 nitrogen and oxygen atoms in total. The summed E-state index contributed by atoms with van der Waals surface area (Å²) in [6.45, 7) is 5.45. The maximum Gasteiger partial charge on any atom is 0.262 e. The van der Waals surface area contributed by atoms with Gasteiger partial charge in [0.1, 0.15) is 18.0 Å². The molecule has 3 aromatic heterocycles. The number of anilines is 1. The van der Waals surface area contributed by atoms with E-state index in [2.05, 4.69) is 36.5 Å². The summed E-state index contributed by atoms with van der Waals surface area (Å²) in [5.74, 6) is 4.12. The lowest BCUT2D eigenvalue weighted by Crippen LogP contribution is -2.15. The maximum absolute atomic E-state index is 13.6. The first kappa shape index (κ1) is 24.9. The van der Waals surface area contributed by atoms with Gasteiger partial charge in [-0.05, 0) is 50.6 Å². The summed E-state index contributed by atoms with van der Waals surface area (Å²) in [6, 6.07) is 7.33. The number of aryl methyl sites for hydroxylation is 3. The molecule has 0 aliphatic heterocycles. The zero-order valence-corrected chi connectivity index (χ0v) is 20.5. The van der Waals surface area contributed by atoms with Gasteiger partial charge in [0.2, 0.25) is 0 Å². The van der Waals surface area contributed by atoms with E-state index in [0.29, 0.717) is 35.0 Å². The maximum atomic E-state index is 13.6. The van der Waals surface area contributed by atoms with E-state index in [-0.39, 0.29) is 5.69 Å². The summed E-state index contributed by atoms with van der Waals surface area (Å²) in [7, 11) is -4.27. The summed E-state index contributed by atoms with van der Waals surface area (Å²) in [5.41, 5.74) is 4.67. The van der Waals surface area contributed by atoms with E-state index in [1.165, 1.54) is 18.6 Å². The summed E-state index contributed by atoms with van der Waals surface area (Å²) < 4.78 is 54.9. The lowest BCUT2D eigenvalue weighted by atomic mass is 10.0. The van der Waals surface area contributed by atoms with Crippen LogP contribution in [0.15, 0.2) is 60.0 Å². The largest absolute Gasteiger partial charge is 0.278 e. The molecule has 0 spiro atoms. The van der Waals surface area contributed by atoms with Crippen LogP contribution in [0.4, 0.5) is 14.5 Å². The van der Waals surface area contributed by atoms with Crippen molar-refractivity contribution in [2.24, 2.45) is 0 Å². The number of nitrogens with zero attached hydrogens (tertiary/aromatic N) is 4. The number of rotatable bonds is 5. The molecule has 0 saturated heterocycles. The van der Waals surface area contributed by atoms with Crippen molar-refractivity contribution in [3.8, 4) is 23.1 Å². The topological polar surface area (TPSA) is 97.7 Å². The molecular formula is C26H21F2N5O2S. The van der Waals surface area contributed by atoms with Crippen LogP contribution < -0.4 is 4.72 Å². The second-order valence-corrected chi connectivity index (χ2v) is 9.58. The highest BCUT2D eigenvalue weighted by Gasteiger charge is 2.18. The summed E-state index contributed by atoms with van der Waals surface area (Å²) in [5, 5.41) is 0. The van der Waals surface area contributed by atoms with E-state index in [4.69, 9.17) is 0 Å². The predicted molar refractivity (Wildman–Crippen MR) is 131 cm³/mol. The molecule has 0 amide bonds. The Morgan fingerprint density at radius 2 is 1.69 bits per heavy atom. The van der Waals surface area contributed by atoms with E-state index in [0.717, 1.165) is 29.1 Å². The molecule has 4 aromatic rings. The van der Waals surface area contributed by atoms with Crippen LogP contribution in [-0.4, -0.2) is 28.4 Å². The first-order valence-corrected chi connectivity index (χ1v) is 12.4. The quantitative estimate of drug-likeness (QED) is 0.399. The number of hydrogen-bond acceptors (Lipinski definition) is 6. The Balaban J connectivity index is 1.72. The normalized spacial score (nSPS) is 11.0. The standard InChI is InChI=1S/C26H21F2N5O2S/c1-4-24-23(26(32-15-31-24)19-7-8-29-16(2)9-19)6-5-18-10-25(17(3)30-14-18)33-36(34,35)22-12-20(27)11-21(28)13-22/h7-15,33H,4H2,1-3H3. The molecule has 182 valence electrons. The van der Waals surface area contributed by atoms with Crippen LogP contribution >= 0.6 is 0 Å². The Kier molecular flexibility index (Phi) is 7.03. The lowest BCUT2D eigenvalue weighted by molar-refractivity contribution is 0.568. The summed E-state index contributed by atoms with van der Waals surface area (Å²) >= 11 is 0. The fourth-order valence-electron chi connectivity index (χ4n) is 3.46. The number of nitrogens with one attached hydrogen (secondary N) is 1. The van der Waals surface area contributed by atoms with Crippen LogP contribution in [0.2, 0.25) is 0 Å². The van der Waals surface area contributed by atoms with Gasteiger partial charge in [-0.15, -0.1) is 0 Å². The molecule has 1 aromatic carbocycles. The van der Waals surface area contributed by atoms with Crippen LogP contribution in [0.25, 0.3) is 11.3 Å². The van der Waals surface area contributed by atoms with Gasteiger partial charge >= 0.3 is 0 Å². The first-order valence-electron chi connectivity index (χ1n) is 10.9. The summed E-state index contributed by atoms with van der Waals surface area (Å²) in [4.78, 5) is 16.7. The average molecular weight is 506 g/mol. The van der Waals surface area contributed by atoms with Gasteiger partial charge in [-0.1, -0.05) is 18.8 Å². The first-order chi connectivity index (χ1) is 17.2. The van der Waals surface area contributed by atoms with Gasteiger partial charge in [-0.25, -0.2) is 27.2 Å². The number of benzene rings is 1. The number of sulfonamides is 1. The van der Waals surface area contributed by atoms with Crippen LogP contribution in [0.5, 0.6) is 0 Å². The van der Waals surface area contributed by atoms with Crippen LogP contribution in [0.1, 0.15) is 35.1 Å². The Morgan fingerprint density at radius 3 is 2.39 bits per heavy atom. The zero-order chi connectivity index (χ0) is 25.9. The second-order valence-electron chi connectivity index (χ2n) is 7.90. The minimum absolute atomic E-state index is 0.136. The van der Waals surface area contributed by atoms with Crippen molar-refractivity contribution in [1.29, 1.82) is 0 Å². The van der Waals surface area contributed by atoms with Gasteiger partial charge in [-0.2, -0.15) is 0 Å². The van der Waals surface area contributed by atoms with Crippen molar-refractivity contribution in [3.05, 3.63) is 95.0 Å².